The second-order valence-corrected chi connectivity index (χ2v) is 3.55. The maximum Gasteiger partial charge on any atom is 0.223 e. The molecule has 1 aromatic heterocycles. The zero-order valence-corrected chi connectivity index (χ0v) is 9.15. The van der Waals surface area contributed by atoms with E-state index in [2.05, 4.69) is 15.0 Å². The molecule has 0 aromatic carbocycles. The molecule has 1 rings (SSSR count). The van der Waals surface area contributed by atoms with Crippen molar-refractivity contribution >= 4 is 0 Å². The summed E-state index contributed by atoms with van der Waals surface area (Å²) in [4.78, 5) is 6.20. The lowest BCUT2D eigenvalue weighted by Crippen LogP contribution is -2.29. The van der Waals surface area contributed by atoms with Crippen LogP contribution in [0, 0.1) is 6.92 Å². The molecule has 0 saturated heterocycles. The normalized spacial score (nSPS) is 13.5. The van der Waals surface area contributed by atoms with Crippen LogP contribution in [0.5, 0.6) is 0 Å². The van der Waals surface area contributed by atoms with Crippen molar-refractivity contribution in [1.29, 1.82) is 0 Å². The topological polar surface area (TPSA) is 51.4 Å². The van der Waals surface area contributed by atoms with Crippen molar-refractivity contribution in [2.45, 2.75) is 19.4 Å². The van der Waals surface area contributed by atoms with Crippen LogP contribution in [0.1, 0.15) is 11.7 Å². The summed E-state index contributed by atoms with van der Waals surface area (Å²) in [6.45, 7) is 2.63. The second kappa shape index (κ2) is 5.07. The smallest absolute Gasteiger partial charge is 0.223 e. The van der Waals surface area contributed by atoms with Crippen LogP contribution in [0.4, 0.5) is 0 Å². The van der Waals surface area contributed by atoms with Gasteiger partial charge in [-0.05, 0) is 14.1 Å². The predicted molar refractivity (Wildman–Crippen MR) is 52.1 cm³/mol. The van der Waals surface area contributed by atoms with Gasteiger partial charge in [0.15, 0.2) is 5.82 Å². The number of aromatic nitrogens is 2. The van der Waals surface area contributed by atoms with E-state index in [4.69, 9.17) is 9.26 Å². The van der Waals surface area contributed by atoms with Gasteiger partial charge in [-0.15, -0.1) is 0 Å². The number of nitrogens with zero attached hydrogens (tertiary/aromatic N) is 3. The van der Waals surface area contributed by atoms with Crippen molar-refractivity contribution in [2.75, 3.05) is 27.7 Å². The average molecular weight is 199 g/mol. The van der Waals surface area contributed by atoms with Gasteiger partial charge in [-0.25, -0.2) is 0 Å². The van der Waals surface area contributed by atoms with Crippen molar-refractivity contribution in [3.8, 4) is 0 Å². The van der Waals surface area contributed by atoms with Gasteiger partial charge in [0.2, 0.25) is 5.89 Å². The van der Waals surface area contributed by atoms with Crippen molar-refractivity contribution in [2.24, 2.45) is 0 Å². The summed E-state index contributed by atoms with van der Waals surface area (Å²) in [6, 6.07) is 0. The minimum atomic E-state index is 0.113. The van der Waals surface area contributed by atoms with E-state index in [1.165, 1.54) is 0 Å². The minimum Gasteiger partial charge on any atom is -0.380 e. The largest absolute Gasteiger partial charge is 0.380 e. The number of ether oxygens (including phenoxy) is 1. The van der Waals surface area contributed by atoms with Gasteiger partial charge in [-0.1, -0.05) is 5.16 Å². The van der Waals surface area contributed by atoms with Gasteiger partial charge in [-0.2, -0.15) is 4.98 Å². The molecule has 14 heavy (non-hydrogen) atoms. The third kappa shape index (κ3) is 3.43. The van der Waals surface area contributed by atoms with Crippen LogP contribution in [0.15, 0.2) is 4.52 Å². The maximum absolute atomic E-state index is 5.31. The number of hydrogen-bond donors (Lipinski definition) is 0. The van der Waals surface area contributed by atoms with Crippen molar-refractivity contribution in [3.05, 3.63) is 11.7 Å². The van der Waals surface area contributed by atoms with Gasteiger partial charge in [0.05, 0.1) is 6.10 Å². The van der Waals surface area contributed by atoms with E-state index < -0.39 is 0 Å². The highest BCUT2D eigenvalue weighted by molar-refractivity contribution is 4.87. The molecule has 80 valence electrons. The first-order valence-electron chi connectivity index (χ1n) is 4.58. The molecule has 0 spiro atoms. The Balaban J connectivity index is 2.48. The number of rotatable bonds is 5. The van der Waals surface area contributed by atoms with Gasteiger partial charge in [0.25, 0.3) is 0 Å². The third-order valence-electron chi connectivity index (χ3n) is 1.88. The van der Waals surface area contributed by atoms with E-state index >= 15 is 0 Å². The van der Waals surface area contributed by atoms with Gasteiger partial charge < -0.3 is 14.2 Å². The SMILES string of the molecule is COC(Cc1noc(C)n1)CN(C)C. The highest BCUT2D eigenvalue weighted by Gasteiger charge is 2.13. The van der Waals surface area contributed by atoms with Crippen molar-refractivity contribution in [1.82, 2.24) is 15.0 Å². The summed E-state index contributed by atoms with van der Waals surface area (Å²) in [5.41, 5.74) is 0. The van der Waals surface area contributed by atoms with Crippen LogP contribution in [0.2, 0.25) is 0 Å². The molecular formula is C9H17N3O2. The van der Waals surface area contributed by atoms with Crippen molar-refractivity contribution < 1.29 is 9.26 Å². The first-order chi connectivity index (χ1) is 6.61. The van der Waals surface area contributed by atoms with E-state index in [1.807, 2.05) is 14.1 Å². The first-order valence-corrected chi connectivity index (χ1v) is 4.58. The standard InChI is InChI=1S/C9H17N3O2/c1-7-10-9(11-14-7)5-8(13-4)6-12(2)3/h8H,5-6H2,1-4H3. The Bertz CT molecular complexity index is 273. The van der Waals surface area contributed by atoms with Crippen LogP contribution >= 0.6 is 0 Å². The van der Waals surface area contributed by atoms with E-state index in [0.717, 1.165) is 6.54 Å². The number of hydrogen-bond acceptors (Lipinski definition) is 5. The number of aryl methyl sites for hydroxylation is 1. The van der Waals surface area contributed by atoms with E-state index in [0.29, 0.717) is 18.1 Å². The van der Waals surface area contributed by atoms with Gasteiger partial charge >= 0.3 is 0 Å². The quantitative estimate of drug-likeness (QED) is 0.691. The Labute approximate surface area is 84.0 Å². The summed E-state index contributed by atoms with van der Waals surface area (Å²) in [7, 11) is 5.71. The molecule has 0 bridgehead atoms. The highest BCUT2D eigenvalue weighted by Crippen LogP contribution is 2.03. The van der Waals surface area contributed by atoms with E-state index in [-0.39, 0.29) is 6.10 Å². The Hall–Kier alpha value is -0.940. The third-order valence-corrected chi connectivity index (χ3v) is 1.88. The fraction of sp³-hybridized carbons (Fsp3) is 0.778. The van der Waals surface area contributed by atoms with E-state index in [1.54, 1.807) is 14.0 Å². The monoisotopic (exact) mass is 199 g/mol. The average Bonchev–Trinajstić information content (AvgIpc) is 2.49. The number of methoxy groups -OCH3 is 1. The molecule has 0 aliphatic carbocycles. The molecule has 0 fully saturated rings. The lowest BCUT2D eigenvalue weighted by Gasteiger charge is -2.17. The first kappa shape index (κ1) is 11.1. The molecule has 5 nitrogen and oxygen atoms in total. The molecule has 0 amide bonds. The number of likely N-dealkylation sites (N-methyl/N-ethyl adjacent to an activating group) is 1. The van der Waals surface area contributed by atoms with Gasteiger partial charge in [0, 0.05) is 27.0 Å². The van der Waals surface area contributed by atoms with Crippen LogP contribution < -0.4 is 0 Å². The summed E-state index contributed by atoms with van der Waals surface area (Å²) >= 11 is 0. The van der Waals surface area contributed by atoms with Crippen LogP contribution in [0.3, 0.4) is 0 Å². The fourth-order valence-corrected chi connectivity index (χ4v) is 1.26. The molecule has 0 N–H and O–H groups in total. The summed E-state index contributed by atoms with van der Waals surface area (Å²) in [5, 5.41) is 3.83. The molecular weight excluding hydrogens is 182 g/mol. The summed E-state index contributed by atoms with van der Waals surface area (Å²) in [5.74, 6) is 1.30. The highest BCUT2D eigenvalue weighted by atomic mass is 16.5. The van der Waals surface area contributed by atoms with Gasteiger partial charge in [-0.3, -0.25) is 0 Å². The molecule has 0 radical (unpaired) electrons. The lowest BCUT2D eigenvalue weighted by molar-refractivity contribution is 0.0768. The van der Waals surface area contributed by atoms with E-state index in [9.17, 15) is 0 Å². The second-order valence-electron chi connectivity index (χ2n) is 3.55. The molecule has 0 saturated carbocycles. The Kier molecular flexibility index (Phi) is 4.03. The van der Waals surface area contributed by atoms with Crippen LogP contribution in [-0.2, 0) is 11.2 Å². The summed E-state index contributed by atoms with van der Waals surface area (Å²) in [6.07, 6.45) is 0.799. The van der Waals surface area contributed by atoms with Crippen molar-refractivity contribution in [3.63, 3.8) is 0 Å². The molecule has 1 unspecified atom stereocenters. The van der Waals surface area contributed by atoms with Crippen LogP contribution in [0.25, 0.3) is 0 Å². The Morgan fingerprint density at radius 3 is 2.64 bits per heavy atom. The zero-order chi connectivity index (χ0) is 10.6. The maximum atomic E-state index is 5.31. The van der Waals surface area contributed by atoms with Crippen LogP contribution in [-0.4, -0.2) is 48.9 Å². The molecule has 0 aliphatic heterocycles. The lowest BCUT2D eigenvalue weighted by atomic mass is 10.2. The molecule has 5 heteroatoms. The predicted octanol–water partition coefficient (Wildman–Crippen LogP) is 0.497. The fourth-order valence-electron chi connectivity index (χ4n) is 1.26. The Morgan fingerprint density at radius 1 is 1.50 bits per heavy atom. The molecule has 1 atom stereocenters. The molecule has 0 aliphatic rings. The molecule has 1 aromatic rings. The Morgan fingerprint density at radius 2 is 2.21 bits per heavy atom. The zero-order valence-electron chi connectivity index (χ0n) is 9.15. The summed E-state index contributed by atoms with van der Waals surface area (Å²) < 4.78 is 10.2. The minimum absolute atomic E-state index is 0.113. The molecule has 1 heterocycles. The van der Waals surface area contributed by atoms with Gasteiger partial charge in [0.1, 0.15) is 0 Å².